The van der Waals surface area contributed by atoms with E-state index < -0.39 is 23.9 Å². The Labute approximate surface area is 138 Å². The van der Waals surface area contributed by atoms with Crippen LogP contribution in [0, 0.1) is 0 Å². The number of phenols is 1. The summed E-state index contributed by atoms with van der Waals surface area (Å²) in [6.45, 7) is 1.37. The van der Waals surface area contributed by atoms with Crippen molar-refractivity contribution in [2.45, 2.75) is 13.0 Å². The number of hydrogen-bond donors (Lipinski definition) is 3. The summed E-state index contributed by atoms with van der Waals surface area (Å²) < 4.78 is 4.98. The number of phenolic OH excluding ortho intramolecular Hbond substituents is 1. The fourth-order valence-corrected chi connectivity index (χ4v) is 1.80. The summed E-state index contributed by atoms with van der Waals surface area (Å²) in [5, 5.41) is 9.32. The van der Waals surface area contributed by atoms with Gasteiger partial charge in [0.2, 0.25) is 0 Å². The number of carbonyl (C=O) groups is 3. The zero-order valence-corrected chi connectivity index (χ0v) is 12.9. The molecule has 0 fully saturated rings. The van der Waals surface area contributed by atoms with Crippen LogP contribution in [0.2, 0.25) is 0 Å². The molecule has 0 bridgehead atoms. The topological polar surface area (TPSA) is 105 Å². The van der Waals surface area contributed by atoms with Crippen LogP contribution in [0.4, 0.5) is 0 Å². The quantitative estimate of drug-likeness (QED) is 0.581. The molecule has 0 heterocycles. The van der Waals surface area contributed by atoms with Gasteiger partial charge in [0.1, 0.15) is 5.75 Å². The molecule has 0 aliphatic heterocycles. The van der Waals surface area contributed by atoms with Gasteiger partial charge in [0.05, 0.1) is 5.56 Å². The average Bonchev–Trinajstić information content (AvgIpc) is 2.60. The molecule has 3 N–H and O–H groups in total. The first kappa shape index (κ1) is 17.0. The molecule has 0 saturated heterocycles. The van der Waals surface area contributed by atoms with E-state index in [9.17, 15) is 19.5 Å². The Kier molecular flexibility index (Phi) is 5.51. The van der Waals surface area contributed by atoms with Gasteiger partial charge in [0, 0.05) is 5.56 Å². The lowest BCUT2D eigenvalue weighted by atomic mass is 10.2. The standard InChI is InChI=1S/C17H16N2O5/c1-11(24-17(23)13-8-5-9-14(20)10-13)15(21)18-19-16(22)12-6-3-2-4-7-12/h2-11,20H,1H3,(H,18,21)(H,19,22)/t11-/m1/s1. The first-order chi connectivity index (χ1) is 11.5. The zero-order valence-electron chi connectivity index (χ0n) is 12.9. The van der Waals surface area contributed by atoms with E-state index in [0.717, 1.165) is 0 Å². The van der Waals surface area contributed by atoms with Crippen molar-refractivity contribution >= 4 is 17.8 Å². The van der Waals surface area contributed by atoms with Gasteiger partial charge in [0.25, 0.3) is 11.8 Å². The predicted molar refractivity (Wildman–Crippen MR) is 85.0 cm³/mol. The number of esters is 1. The molecule has 2 rings (SSSR count). The Morgan fingerprint density at radius 3 is 2.29 bits per heavy atom. The average molecular weight is 328 g/mol. The van der Waals surface area contributed by atoms with E-state index in [1.54, 1.807) is 30.3 Å². The first-order valence-corrected chi connectivity index (χ1v) is 7.12. The lowest BCUT2D eigenvalue weighted by molar-refractivity contribution is -0.129. The smallest absolute Gasteiger partial charge is 0.339 e. The van der Waals surface area contributed by atoms with Crippen molar-refractivity contribution in [1.82, 2.24) is 10.9 Å². The van der Waals surface area contributed by atoms with Gasteiger partial charge < -0.3 is 9.84 Å². The summed E-state index contributed by atoms with van der Waals surface area (Å²) >= 11 is 0. The fourth-order valence-electron chi connectivity index (χ4n) is 1.80. The van der Waals surface area contributed by atoms with Crippen LogP contribution in [-0.4, -0.2) is 29.0 Å². The SMILES string of the molecule is C[C@@H](OC(=O)c1cccc(O)c1)C(=O)NNC(=O)c1ccccc1. The van der Waals surface area contributed by atoms with E-state index in [1.807, 2.05) is 0 Å². The molecule has 0 radical (unpaired) electrons. The van der Waals surface area contributed by atoms with E-state index in [1.165, 1.54) is 31.2 Å². The van der Waals surface area contributed by atoms with Crippen molar-refractivity contribution in [2.24, 2.45) is 0 Å². The van der Waals surface area contributed by atoms with Crippen molar-refractivity contribution < 1.29 is 24.2 Å². The third-order valence-corrected chi connectivity index (χ3v) is 3.07. The number of benzene rings is 2. The number of carbonyl (C=O) groups excluding carboxylic acids is 3. The highest BCUT2D eigenvalue weighted by atomic mass is 16.5. The minimum absolute atomic E-state index is 0.0864. The lowest BCUT2D eigenvalue weighted by Gasteiger charge is -2.14. The van der Waals surface area contributed by atoms with E-state index in [-0.39, 0.29) is 11.3 Å². The van der Waals surface area contributed by atoms with Crippen LogP contribution < -0.4 is 10.9 Å². The van der Waals surface area contributed by atoms with Crippen molar-refractivity contribution in [1.29, 1.82) is 0 Å². The Hall–Kier alpha value is -3.35. The summed E-state index contributed by atoms with van der Waals surface area (Å²) in [5.74, 6) is -2.03. The predicted octanol–water partition coefficient (Wildman–Crippen LogP) is 1.40. The molecule has 1 atom stereocenters. The first-order valence-electron chi connectivity index (χ1n) is 7.12. The molecule has 0 aliphatic rings. The van der Waals surface area contributed by atoms with Gasteiger partial charge in [-0.3, -0.25) is 20.4 Å². The van der Waals surface area contributed by atoms with Crippen LogP contribution in [0.1, 0.15) is 27.6 Å². The highest BCUT2D eigenvalue weighted by molar-refractivity contribution is 5.96. The van der Waals surface area contributed by atoms with E-state index in [0.29, 0.717) is 5.56 Å². The molecule has 2 amide bonds. The second kappa shape index (κ2) is 7.77. The molecular formula is C17H16N2O5. The monoisotopic (exact) mass is 328 g/mol. The van der Waals surface area contributed by atoms with Gasteiger partial charge in [-0.1, -0.05) is 24.3 Å². The maximum absolute atomic E-state index is 11.9. The van der Waals surface area contributed by atoms with Crippen molar-refractivity contribution in [3.8, 4) is 5.75 Å². The third-order valence-electron chi connectivity index (χ3n) is 3.07. The maximum atomic E-state index is 11.9. The van der Waals surface area contributed by atoms with Crippen LogP contribution in [0.15, 0.2) is 54.6 Å². The second-order valence-corrected chi connectivity index (χ2v) is 4.91. The minimum Gasteiger partial charge on any atom is -0.508 e. The number of amides is 2. The Morgan fingerprint density at radius 1 is 0.958 bits per heavy atom. The summed E-state index contributed by atoms with van der Waals surface area (Å²) in [5.41, 5.74) is 4.91. The molecule has 124 valence electrons. The van der Waals surface area contributed by atoms with Crippen molar-refractivity contribution in [3.63, 3.8) is 0 Å². The highest BCUT2D eigenvalue weighted by Crippen LogP contribution is 2.12. The summed E-state index contributed by atoms with van der Waals surface area (Å²) in [6, 6.07) is 13.9. The lowest BCUT2D eigenvalue weighted by Crippen LogP contribution is -2.46. The van der Waals surface area contributed by atoms with Crippen LogP contribution in [-0.2, 0) is 9.53 Å². The number of nitrogens with one attached hydrogen (secondary N) is 2. The molecule has 0 aliphatic carbocycles. The Bertz CT molecular complexity index is 746. The fraction of sp³-hybridized carbons (Fsp3) is 0.118. The van der Waals surface area contributed by atoms with Crippen LogP contribution >= 0.6 is 0 Å². The summed E-state index contributed by atoms with van der Waals surface area (Å²) in [7, 11) is 0. The van der Waals surface area contributed by atoms with Crippen LogP contribution in [0.3, 0.4) is 0 Å². The number of hydrazine groups is 1. The van der Waals surface area contributed by atoms with Gasteiger partial charge in [-0.2, -0.15) is 0 Å². The maximum Gasteiger partial charge on any atom is 0.339 e. The molecule has 7 nitrogen and oxygen atoms in total. The third kappa shape index (κ3) is 4.57. The van der Waals surface area contributed by atoms with E-state index in [4.69, 9.17) is 4.74 Å². The Morgan fingerprint density at radius 2 is 1.62 bits per heavy atom. The summed E-state index contributed by atoms with van der Waals surface area (Å²) in [6.07, 6.45) is -1.13. The van der Waals surface area contributed by atoms with E-state index >= 15 is 0 Å². The molecule has 2 aromatic rings. The zero-order chi connectivity index (χ0) is 17.5. The van der Waals surface area contributed by atoms with Gasteiger partial charge in [-0.15, -0.1) is 0 Å². The summed E-state index contributed by atoms with van der Waals surface area (Å²) in [4.78, 5) is 35.5. The number of hydrogen-bond acceptors (Lipinski definition) is 5. The molecule has 0 unspecified atom stereocenters. The Balaban J connectivity index is 1.86. The van der Waals surface area contributed by atoms with Crippen molar-refractivity contribution in [3.05, 3.63) is 65.7 Å². The van der Waals surface area contributed by atoms with Crippen LogP contribution in [0.25, 0.3) is 0 Å². The minimum atomic E-state index is -1.13. The van der Waals surface area contributed by atoms with Crippen molar-refractivity contribution in [2.75, 3.05) is 0 Å². The molecule has 0 aromatic heterocycles. The largest absolute Gasteiger partial charge is 0.508 e. The molecule has 2 aromatic carbocycles. The number of ether oxygens (including phenoxy) is 1. The van der Waals surface area contributed by atoms with Gasteiger partial charge in [-0.25, -0.2) is 4.79 Å². The molecule has 0 spiro atoms. The van der Waals surface area contributed by atoms with Gasteiger partial charge in [-0.05, 0) is 37.3 Å². The normalized spacial score (nSPS) is 11.2. The molecule has 24 heavy (non-hydrogen) atoms. The highest BCUT2D eigenvalue weighted by Gasteiger charge is 2.19. The number of rotatable bonds is 4. The number of aromatic hydroxyl groups is 1. The van der Waals surface area contributed by atoms with Gasteiger partial charge >= 0.3 is 5.97 Å². The van der Waals surface area contributed by atoms with E-state index in [2.05, 4.69) is 10.9 Å². The van der Waals surface area contributed by atoms with Gasteiger partial charge in [0.15, 0.2) is 6.10 Å². The molecule has 7 heteroatoms. The molecular weight excluding hydrogens is 312 g/mol. The second-order valence-electron chi connectivity index (χ2n) is 4.91. The van der Waals surface area contributed by atoms with Crippen LogP contribution in [0.5, 0.6) is 5.75 Å². The molecule has 0 saturated carbocycles.